The predicted octanol–water partition coefficient (Wildman–Crippen LogP) is 4.36. The molecule has 0 aromatic rings. The minimum atomic E-state index is -0.307. The first-order chi connectivity index (χ1) is 11.8. The molecule has 0 heterocycles. The van der Waals surface area contributed by atoms with Crippen LogP contribution in [0.5, 0.6) is 0 Å². The van der Waals surface area contributed by atoms with E-state index in [2.05, 4.69) is 27.7 Å². The topological polar surface area (TPSA) is 46.5 Å². The lowest BCUT2D eigenvalue weighted by Gasteiger charge is -2.61. The number of Topliss-reactive ketones (excluding diaryl/α,β-unsaturated/α-hetero) is 1. The van der Waals surface area contributed by atoms with E-state index < -0.39 is 0 Å². The lowest BCUT2D eigenvalue weighted by molar-refractivity contribution is -0.179. The van der Waals surface area contributed by atoms with Crippen LogP contribution in [0, 0.1) is 34.5 Å². The van der Waals surface area contributed by atoms with Gasteiger partial charge in [-0.1, -0.05) is 13.8 Å². The van der Waals surface area contributed by atoms with Gasteiger partial charge in [0.25, 0.3) is 0 Å². The van der Waals surface area contributed by atoms with Crippen LogP contribution in [0.1, 0.15) is 79.1 Å². The minimum Gasteiger partial charge on any atom is -0.390 e. The fourth-order valence-corrected chi connectivity index (χ4v) is 7.51. The molecule has 4 rings (SSSR count). The summed E-state index contributed by atoms with van der Waals surface area (Å²) in [7, 11) is 0. The number of ketones is 1. The van der Waals surface area contributed by atoms with Crippen LogP contribution in [0.4, 0.5) is 0 Å². The quantitative estimate of drug-likeness (QED) is 0.806. The van der Waals surface area contributed by atoms with Gasteiger partial charge in [0.05, 0.1) is 18.3 Å². The molecule has 4 aliphatic carbocycles. The molecular weight excluding hydrogens is 312 g/mol. The van der Waals surface area contributed by atoms with Gasteiger partial charge in [-0.2, -0.15) is 0 Å². The number of rotatable bonds is 2. The maximum atomic E-state index is 12.5. The molecule has 4 aliphatic rings. The molecule has 142 valence electrons. The average Bonchev–Trinajstić information content (AvgIpc) is 2.84. The Morgan fingerprint density at radius 3 is 2.60 bits per heavy atom. The Morgan fingerprint density at radius 2 is 1.88 bits per heavy atom. The van der Waals surface area contributed by atoms with E-state index in [-0.39, 0.29) is 29.1 Å². The van der Waals surface area contributed by atoms with Crippen molar-refractivity contribution < 1.29 is 14.6 Å². The van der Waals surface area contributed by atoms with E-state index in [0.29, 0.717) is 29.5 Å². The highest BCUT2D eigenvalue weighted by Crippen LogP contribution is 2.65. The summed E-state index contributed by atoms with van der Waals surface area (Å²) in [6, 6.07) is 0. The second-order valence-electron chi connectivity index (χ2n) is 10.3. The molecule has 8 atom stereocenters. The number of carbonyl (C=O) groups is 1. The Labute approximate surface area is 152 Å². The smallest absolute Gasteiger partial charge is 0.139 e. The Kier molecular flexibility index (Phi) is 4.35. The van der Waals surface area contributed by atoms with Gasteiger partial charge in [0.15, 0.2) is 0 Å². The van der Waals surface area contributed by atoms with E-state index in [4.69, 9.17) is 4.74 Å². The molecule has 3 heteroatoms. The van der Waals surface area contributed by atoms with Gasteiger partial charge in [0.1, 0.15) is 5.78 Å². The van der Waals surface area contributed by atoms with Crippen molar-refractivity contribution in [2.75, 3.05) is 0 Å². The van der Waals surface area contributed by atoms with Crippen LogP contribution in [0.3, 0.4) is 0 Å². The van der Waals surface area contributed by atoms with E-state index in [0.717, 1.165) is 32.1 Å². The van der Waals surface area contributed by atoms with Crippen molar-refractivity contribution in [3.63, 3.8) is 0 Å². The van der Waals surface area contributed by atoms with Crippen LogP contribution < -0.4 is 0 Å². The standard InChI is InChI=1S/C22H36O3/c1-13(2)25-19-12-22(4)14(11-18(19)23)5-6-15-16-7-8-20(24)21(16,3)10-9-17(15)22/h13-19,23H,5-12H2,1-4H3/t14?,15-,16-,17+,18?,19?,21-,22-/m0/s1. The summed E-state index contributed by atoms with van der Waals surface area (Å²) in [5.74, 6) is 3.18. The van der Waals surface area contributed by atoms with Gasteiger partial charge in [-0.3, -0.25) is 4.79 Å². The van der Waals surface area contributed by atoms with Crippen LogP contribution >= 0.6 is 0 Å². The second-order valence-corrected chi connectivity index (χ2v) is 10.3. The maximum absolute atomic E-state index is 12.5. The zero-order valence-electron chi connectivity index (χ0n) is 16.5. The van der Waals surface area contributed by atoms with Crippen molar-refractivity contribution in [3.05, 3.63) is 0 Å². The zero-order valence-corrected chi connectivity index (χ0v) is 16.5. The third-order valence-corrected chi connectivity index (χ3v) is 8.82. The van der Waals surface area contributed by atoms with E-state index in [1.54, 1.807) is 0 Å². The van der Waals surface area contributed by atoms with E-state index in [1.165, 1.54) is 19.3 Å². The van der Waals surface area contributed by atoms with Crippen molar-refractivity contribution >= 4 is 5.78 Å². The Morgan fingerprint density at radius 1 is 1.12 bits per heavy atom. The minimum absolute atomic E-state index is 0.0153. The fourth-order valence-electron chi connectivity index (χ4n) is 7.51. The van der Waals surface area contributed by atoms with Crippen molar-refractivity contribution in [1.29, 1.82) is 0 Å². The summed E-state index contributed by atoms with van der Waals surface area (Å²) in [5.41, 5.74) is 0.237. The normalized spacial score (nSPS) is 52.6. The molecule has 0 saturated heterocycles. The molecule has 4 saturated carbocycles. The molecule has 0 spiro atoms. The summed E-state index contributed by atoms with van der Waals surface area (Å²) in [4.78, 5) is 12.5. The molecule has 1 N–H and O–H groups in total. The lowest BCUT2D eigenvalue weighted by Crippen LogP contribution is -2.57. The molecule has 25 heavy (non-hydrogen) atoms. The summed E-state index contributed by atoms with van der Waals surface area (Å²) < 4.78 is 6.12. The van der Waals surface area contributed by atoms with Gasteiger partial charge < -0.3 is 9.84 Å². The highest BCUT2D eigenvalue weighted by Gasteiger charge is 2.61. The first-order valence-electron chi connectivity index (χ1n) is 10.6. The van der Waals surface area contributed by atoms with E-state index in [1.807, 2.05) is 0 Å². The lowest BCUT2D eigenvalue weighted by atomic mass is 9.45. The monoisotopic (exact) mass is 348 g/mol. The average molecular weight is 349 g/mol. The number of carbonyl (C=O) groups excluding carboxylic acids is 1. The number of fused-ring (bicyclic) bond motifs is 5. The summed E-state index contributed by atoms with van der Waals surface area (Å²) in [5, 5.41) is 10.6. The number of aliphatic hydroxyl groups is 1. The van der Waals surface area contributed by atoms with Gasteiger partial charge in [-0.15, -0.1) is 0 Å². The molecule has 4 fully saturated rings. The van der Waals surface area contributed by atoms with Crippen LogP contribution in [0.2, 0.25) is 0 Å². The van der Waals surface area contributed by atoms with Gasteiger partial charge in [-0.25, -0.2) is 0 Å². The summed E-state index contributed by atoms with van der Waals surface area (Å²) in [6.45, 7) is 8.88. The zero-order chi connectivity index (χ0) is 18.0. The molecular formula is C22H36O3. The van der Waals surface area contributed by atoms with Crippen molar-refractivity contribution in [1.82, 2.24) is 0 Å². The molecule has 0 aliphatic heterocycles. The second kappa shape index (κ2) is 6.05. The van der Waals surface area contributed by atoms with Crippen molar-refractivity contribution in [2.45, 2.75) is 97.4 Å². The summed E-state index contributed by atoms with van der Waals surface area (Å²) >= 11 is 0. The Bertz CT molecular complexity index is 543. The van der Waals surface area contributed by atoms with Gasteiger partial charge in [0, 0.05) is 11.8 Å². The number of hydrogen-bond donors (Lipinski definition) is 1. The maximum Gasteiger partial charge on any atom is 0.139 e. The van der Waals surface area contributed by atoms with Crippen molar-refractivity contribution in [2.24, 2.45) is 34.5 Å². The van der Waals surface area contributed by atoms with Crippen LogP contribution in [0.25, 0.3) is 0 Å². The highest BCUT2D eigenvalue weighted by molar-refractivity contribution is 5.87. The van der Waals surface area contributed by atoms with Gasteiger partial charge in [0.2, 0.25) is 0 Å². The number of hydrogen-bond acceptors (Lipinski definition) is 3. The molecule has 0 bridgehead atoms. The number of aliphatic hydroxyl groups excluding tert-OH is 1. The molecule has 0 aromatic heterocycles. The van der Waals surface area contributed by atoms with E-state index in [9.17, 15) is 9.90 Å². The molecule has 3 unspecified atom stereocenters. The van der Waals surface area contributed by atoms with Gasteiger partial charge in [-0.05, 0) is 87.9 Å². The summed E-state index contributed by atoms with van der Waals surface area (Å²) in [6.07, 6.45) is 8.43. The molecule has 0 radical (unpaired) electrons. The third-order valence-electron chi connectivity index (χ3n) is 8.82. The molecule has 0 aromatic carbocycles. The number of ether oxygens (including phenoxy) is 1. The predicted molar refractivity (Wildman–Crippen MR) is 98.1 cm³/mol. The Hall–Kier alpha value is -0.410. The van der Waals surface area contributed by atoms with Crippen LogP contribution in [-0.4, -0.2) is 29.2 Å². The molecule has 0 amide bonds. The van der Waals surface area contributed by atoms with Crippen LogP contribution in [0.15, 0.2) is 0 Å². The first kappa shape index (κ1) is 18.0. The first-order valence-corrected chi connectivity index (χ1v) is 10.6. The SMILES string of the molecule is CC(C)OC1C[C@@]2(C)C(CC[C@@H]3[C@H]2CC[C@]2(C)C(=O)CC[C@@H]32)CC1O. The molecule has 3 nitrogen and oxygen atoms in total. The fraction of sp³-hybridized carbons (Fsp3) is 0.955. The third kappa shape index (κ3) is 2.64. The highest BCUT2D eigenvalue weighted by atomic mass is 16.5. The largest absolute Gasteiger partial charge is 0.390 e. The Balaban J connectivity index is 1.60. The van der Waals surface area contributed by atoms with Gasteiger partial charge >= 0.3 is 0 Å². The van der Waals surface area contributed by atoms with Crippen molar-refractivity contribution in [3.8, 4) is 0 Å². The van der Waals surface area contributed by atoms with Crippen LogP contribution in [-0.2, 0) is 9.53 Å². The van der Waals surface area contributed by atoms with E-state index >= 15 is 0 Å².